The molecule has 7 heteroatoms. The van der Waals surface area contributed by atoms with E-state index in [4.69, 9.17) is 11.6 Å². The molecule has 5 nitrogen and oxygen atoms in total. The van der Waals surface area contributed by atoms with E-state index < -0.39 is 0 Å². The minimum Gasteiger partial charge on any atom is -0.352 e. The first-order chi connectivity index (χ1) is 15.5. The Morgan fingerprint density at radius 3 is 2.88 bits per heavy atom. The van der Waals surface area contributed by atoms with Crippen LogP contribution in [-0.2, 0) is 35.5 Å². The first kappa shape index (κ1) is 22.2. The number of amides is 2. The molecular weight excluding hydrogens is 442 g/mol. The molecule has 0 radical (unpaired) electrons. The lowest BCUT2D eigenvalue weighted by Crippen LogP contribution is -2.36. The number of nitrogens with zero attached hydrogens (tertiary/aromatic N) is 2. The first-order valence-electron chi connectivity index (χ1n) is 10.5. The number of halogens is 1. The van der Waals surface area contributed by atoms with Gasteiger partial charge in [0, 0.05) is 47.5 Å². The Morgan fingerprint density at radius 1 is 1.25 bits per heavy atom. The molecule has 2 aromatic heterocycles. The summed E-state index contributed by atoms with van der Waals surface area (Å²) in [7, 11) is 0. The minimum absolute atomic E-state index is 0.00165. The van der Waals surface area contributed by atoms with Crippen LogP contribution in [0.1, 0.15) is 32.8 Å². The maximum absolute atomic E-state index is 12.7. The fraction of sp³-hybridized carbons (Fsp3) is 0.240. The highest BCUT2D eigenvalue weighted by Gasteiger charge is 2.23. The number of fused-ring (bicyclic) bond motifs is 1. The van der Waals surface area contributed by atoms with E-state index in [1.165, 1.54) is 5.56 Å². The molecule has 1 aromatic carbocycles. The van der Waals surface area contributed by atoms with E-state index in [0.29, 0.717) is 31.1 Å². The van der Waals surface area contributed by atoms with Gasteiger partial charge in [0.1, 0.15) is 0 Å². The van der Waals surface area contributed by atoms with Gasteiger partial charge in [-0.1, -0.05) is 35.9 Å². The Bertz CT molecular complexity index is 1160. The van der Waals surface area contributed by atoms with Crippen LogP contribution in [0.4, 0.5) is 0 Å². The molecule has 0 saturated heterocycles. The van der Waals surface area contributed by atoms with Crippen molar-refractivity contribution in [1.82, 2.24) is 15.2 Å². The lowest BCUT2D eigenvalue weighted by atomic mass is 9.94. The van der Waals surface area contributed by atoms with Gasteiger partial charge in [0.05, 0.1) is 6.42 Å². The van der Waals surface area contributed by atoms with Crippen LogP contribution in [-0.4, -0.2) is 28.2 Å². The molecule has 3 heterocycles. The molecule has 1 N–H and O–H groups in total. The third-order valence-electron chi connectivity index (χ3n) is 5.60. The number of carbonyl (C=O) groups excluding carboxylic acids is 2. The quantitative estimate of drug-likeness (QED) is 0.543. The number of benzene rings is 1. The first-order valence-corrected chi connectivity index (χ1v) is 11.7. The highest BCUT2D eigenvalue weighted by molar-refractivity contribution is 7.10. The number of hydrogen-bond donors (Lipinski definition) is 1. The van der Waals surface area contributed by atoms with Crippen LogP contribution in [0.2, 0.25) is 5.02 Å². The Hall–Kier alpha value is -2.96. The van der Waals surface area contributed by atoms with Gasteiger partial charge in [0.25, 0.3) is 0 Å². The number of thiophene rings is 1. The molecule has 0 unspecified atom stereocenters. The van der Waals surface area contributed by atoms with E-state index in [9.17, 15) is 9.59 Å². The number of pyridine rings is 1. The van der Waals surface area contributed by atoms with Crippen molar-refractivity contribution in [3.05, 3.63) is 91.9 Å². The summed E-state index contributed by atoms with van der Waals surface area (Å²) < 4.78 is 0. The van der Waals surface area contributed by atoms with E-state index in [1.807, 2.05) is 53.7 Å². The average Bonchev–Trinajstić information content (AvgIpc) is 3.30. The van der Waals surface area contributed by atoms with Crippen molar-refractivity contribution >= 4 is 40.8 Å². The molecule has 0 fully saturated rings. The third-order valence-corrected chi connectivity index (χ3v) is 6.82. The summed E-state index contributed by atoms with van der Waals surface area (Å²) >= 11 is 7.75. The number of hydrogen-bond acceptors (Lipinski definition) is 4. The van der Waals surface area contributed by atoms with Crippen LogP contribution < -0.4 is 5.32 Å². The Morgan fingerprint density at radius 2 is 2.09 bits per heavy atom. The van der Waals surface area contributed by atoms with E-state index in [0.717, 1.165) is 33.7 Å². The van der Waals surface area contributed by atoms with Crippen LogP contribution >= 0.6 is 22.9 Å². The molecule has 164 valence electrons. The molecule has 0 spiro atoms. The minimum atomic E-state index is -0.0538. The normalized spacial score (nSPS) is 13.2. The van der Waals surface area contributed by atoms with Crippen molar-refractivity contribution in [3.63, 3.8) is 0 Å². The Labute approximate surface area is 196 Å². The number of aromatic nitrogens is 1. The number of aryl methyl sites for hydroxylation is 1. The highest BCUT2D eigenvalue weighted by Crippen LogP contribution is 2.24. The summed E-state index contributed by atoms with van der Waals surface area (Å²) in [6.07, 6.45) is 6.29. The monoisotopic (exact) mass is 465 g/mol. The smallest absolute Gasteiger partial charge is 0.246 e. The topological polar surface area (TPSA) is 62.3 Å². The van der Waals surface area contributed by atoms with Gasteiger partial charge in [0.15, 0.2) is 0 Å². The SMILES string of the molecule is Cc1ncc2c(c1CNC(=O)Cc1cccs1)CCN(C(=O)/C=C/c1ccccc1Cl)C2. The number of rotatable bonds is 6. The zero-order valence-electron chi connectivity index (χ0n) is 17.8. The molecule has 0 aliphatic carbocycles. The van der Waals surface area contributed by atoms with Gasteiger partial charge in [-0.15, -0.1) is 11.3 Å². The van der Waals surface area contributed by atoms with Crippen LogP contribution in [0.3, 0.4) is 0 Å². The summed E-state index contributed by atoms with van der Waals surface area (Å²) in [4.78, 5) is 32.4. The summed E-state index contributed by atoms with van der Waals surface area (Å²) in [6, 6.07) is 11.3. The maximum Gasteiger partial charge on any atom is 0.246 e. The number of nitrogens with one attached hydrogen (secondary N) is 1. The second-order valence-corrected chi connectivity index (χ2v) is 9.16. The van der Waals surface area contributed by atoms with Crippen LogP contribution in [0, 0.1) is 6.92 Å². The Balaban J connectivity index is 1.42. The Kier molecular flexibility index (Phi) is 7.02. The van der Waals surface area contributed by atoms with Crippen molar-refractivity contribution in [2.75, 3.05) is 6.54 Å². The molecule has 32 heavy (non-hydrogen) atoms. The van der Waals surface area contributed by atoms with Gasteiger partial charge in [-0.2, -0.15) is 0 Å². The fourth-order valence-corrected chi connectivity index (χ4v) is 4.74. The van der Waals surface area contributed by atoms with E-state index >= 15 is 0 Å². The largest absolute Gasteiger partial charge is 0.352 e. The molecule has 2 amide bonds. The van der Waals surface area contributed by atoms with Crippen molar-refractivity contribution < 1.29 is 9.59 Å². The molecule has 0 saturated carbocycles. The molecule has 1 aliphatic rings. The fourth-order valence-electron chi connectivity index (χ4n) is 3.84. The van der Waals surface area contributed by atoms with Crippen LogP contribution in [0.15, 0.2) is 54.1 Å². The van der Waals surface area contributed by atoms with Crippen molar-refractivity contribution in [2.24, 2.45) is 0 Å². The lowest BCUT2D eigenvalue weighted by Gasteiger charge is -2.30. The zero-order chi connectivity index (χ0) is 22.5. The molecular formula is C25H24ClN3O2S. The molecule has 3 aromatic rings. The van der Waals surface area contributed by atoms with Crippen LogP contribution in [0.25, 0.3) is 6.08 Å². The molecule has 0 atom stereocenters. The third kappa shape index (κ3) is 5.26. The lowest BCUT2D eigenvalue weighted by molar-refractivity contribution is -0.126. The van der Waals surface area contributed by atoms with Crippen LogP contribution in [0.5, 0.6) is 0 Å². The summed E-state index contributed by atoms with van der Waals surface area (Å²) in [5, 5.41) is 5.62. The summed E-state index contributed by atoms with van der Waals surface area (Å²) in [5.74, 6) is -0.0521. The van der Waals surface area contributed by atoms with Gasteiger partial charge >= 0.3 is 0 Å². The van der Waals surface area contributed by atoms with Gasteiger partial charge < -0.3 is 10.2 Å². The highest BCUT2D eigenvalue weighted by atomic mass is 35.5. The predicted octanol–water partition coefficient (Wildman–Crippen LogP) is 4.56. The standard InChI is InChI=1S/C25H24ClN3O2S/c1-17-22(15-28-24(30)13-20-6-4-12-32-20)21-10-11-29(16-19(21)14-27-17)25(31)9-8-18-5-2-3-7-23(18)26/h2-9,12,14H,10-11,13,15-16H2,1H3,(H,28,30)/b9-8+. The van der Waals surface area contributed by atoms with Crippen molar-refractivity contribution in [2.45, 2.75) is 32.9 Å². The second kappa shape index (κ2) is 10.1. The van der Waals surface area contributed by atoms with E-state index in [1.54, 1.807) is 29.6 Å². The van der Waals surface area contributed by atoms with Gasteiger partial charge in [0.2, 0.25) is 11.8 Å². The van der Waals surface area contributed by atoms with Gasteiger partial charge in [-0.05, 0) is 59.2 Å². The predicted molar refractivity (Wildman–Crippen MR) is 128 cm³/mol. The van der Waals surface area contributed by atoms with Gasteiger partial charge in [-0.3, -0.25) is 14.6 Å². The van der Waals surface area contributed by atoms with Gasteiger partial charge in [-0.25, -0.2) is 0 Å². The molecule has 1 aliphatic heterocycles. The molecule has 4 rings (SSSR count). The van der Waals surface area contributed by atoms with E-state index in [2.05, 4.69) is 10.3 Å². The summed E-state index contributed by atoms with van der Waals surface area (Å²) in [6.45, 7) is 3.54. The maximum atomic E-state index is 12.7. The molecule has 0 bridgehead atoms. The summed E-state index contributed by atoms with van der Waals surface area (Å²) in [5.41, 5.74) is 5.01. The number of carbonyl (C=O) groups is 2. The van der Waals surface area contributed by atoms with Crippen molar-refractivity contribution in [3.8, 4) is 0 Å². The average molecular weight is 466 g/mol. The zero-order valence-corrected chi connectivity index (χ0v) is 19.4. The van der Waals surface area contributed by atoms with Crippen molar-refractivity contribution in [1.29, 1.82) is 0 Å². The second-order valence-electron chi connectivity index (χ2n) is 7.72. The van der Waals surface area contributed by atoms with E-state index in [-0.39, 0.29) is 11.8 Å².